The number of esters is 2. The summed E-state index contributed by atoms with van der Waals surface area (Å²) in [4.78, 5) is 22.3. The van der Waals surface area contributed by atoms with E-state index in [1.54, 1.807) is 0 Å². The van der Waals surface area contributed by atoms with E-state index in [1.165, 1.54) is 64.2 Å². The van der Waals surface area contributed by atoms with E-state index in [9.17, 15) is 9.59 Å². The van der Waals surface area contributed by atoms with E-state index in [0.717, 1.165) is 19.3 Å². The van der Waals surface area contributed by atoms with Crippen molar-refractivity contribution in [2.75, 3.05) is 0 Å². The number of carbonyl (C=O) groups excluding carboxylic acids is 2. The smallest absolute Gasteiger partial charge is 0.317 e. The summed E-state index contributed by atoms with van der Waals surface area (Å²) in [5, 5.41) is 0. The fraction of sp³-hybridized carbons (Fsp3) is 0.800. The number of hydrogen-bond acceptors (Lipinski definition) is 3. The van der Waals surface area contributed by atoms with Crippen LogP contribution in [0.4, 0.5) is 0 Å². The Kier molecular flexibility index (Phi) is 11.5. The number of allylic oxidation sites excluding steroid dienone is 2. The van der Waals surface area contributed by atoms with Crippen molar-refractivity contribution in [3.63, 3.8) is 0 Å². The van der Waals surface area contributed by atoms with Gasteiger partial charge in [-0.15, -0.1) is 0 Å². The highest BCUT2D eigenvalue weighted by Gasteiger charge is 2.32. The molecule has 0 aliphatic carbocycles. The van der Waals surface area contributed by atoms with Crippen LogP contribution in [0.5, 0.6) is 0 Å². The molecule has 0 spiro atoms. The molecule has 0 aromatic carbocycles. The number of hydrogen-bond donors (Lipinski definition) is 0. The lowest BCUT2D eigenvalue weighted by Gasteiger charge is -2.04. The maximum absolute atomic E-state index is 11.3. The highest BCUT2D eigenvalue weighted by atomic mass is 16.6. The second-order valence-corrected chi connectivity index (χ2v) is 6.71. The van der Waals surface area contributed by atoms with Crippen LogP contribution < -0.4 is 0 Å². The molecule has 3 heteroatoms. The molecule has 1 rings (SSSR count). The zero-order valence-corrected chi connectivity index (χ0v) is 14.9. The monoisotopic (exact) mass is 322 g/mol. The number of rotatable bonds is 14. The number of ether oxygens (including phenoxy) is 1. The highest BCUT2D eigenvalue weighted by Crippen LogP contribution is 2.22. The summed E-state index contributed by atoms with van der Waals surface area (Å²) in [6, 6.07) is 0. The van der Waals surface area contributed by atoms with Gasteiger partial charge in [-0.25, -0.2) is 0 Å². The summed E-state index contributed by atoms with van der Waals surface area (Å²) in [5.74, 6) is -0.816. The van der Waals surface area contributed by atoms with Crippen molar-refractivity contribution >= 4 is 11.9 Å². The Morgan fingerprint density at radius 3 is 2.00 bits per heavy atom. The minimum absolute atomic E-state index is 0.161. The minimum Gasteiger partial charge on any atom is -0.393 e. The summed E-state index contributed by atoms with van der Waals surface area (Å²) >= 11 is 0. The Labute approximate surface area is 141 Å². The van der Waals surface area contributed by atoms with Crippen molar-refractivity contribution in [3.05, 3.63) is 12.2 Å². The molecule has 0 N–H and O–H groups in total. The first-order valence-electron chi connectivity index (χ1n) is 9.63. The first-order valence-corrected chi connectivity index (χ1v) is 9.63. The Bertz CT molecular complexity index is 360. The second kappa shape index (κ2) is 13.3. The van der Waals surface area contributed by atoms with Crippen LogP contribution >= 0.6 is 0 Å². The van der Waals surface area contributed by atoms with Crippen LogP contribution in [0.1, 0.15) is 96.8 Å². The molecule has 1 atom stereocenters. The van der Waals surface area contributed by atoms with Crippen molar-refractivity contribution in [2.24, 2.45) is 5.92 Å². The van der Waals surface area contributed by atoms with Gasteiger partial charge < -0.3 is 4.74 Å². The molecule has 0 amide bonds. The van der Waals surface area contributed by atoms with Gasteiger partial charge in [0, 0.05) is 0 Å². The molecule has 0 aromatic heterocycles. The van der Waals surface area contributed by atoms with Crippen molar-refractivity contribution < 1.29 is 14.3 Å². The molecule has 1 unspecified atom stereocenters. The van der Waals surface area contributed by atoms with E-state index in [4.69, 9.17) is 0 Å². The quantitative estimate of drug-likeness (QED) is 0.178. The normalized spacial score (nSPS) is 18.0. The van der Waals surface area contributed by atoms with Crippen LogP contribution in [-0.2, 0) is 14.3 Å². The average Bonchev–Trinajstić information content (AvgIpc) is 2.85. The van der Waals surface area contributed by atoms with Crippen molar-refractivity contribution in [2.45, 2.75) is 96.8 Å². The number of unbranched alkanes of at least 4 members (excludes halogenated alkanes) is 10. The van der Waals surface area contributed by atoms with Gasteiger partial charge in [0.25, 0.3) is 0 Å². The molecule has 3 nitrogen and oxygen atoms in total. The Hall–Kier alpha value is -1.12. The molecule has 1 heterocycles. The summed E-state index contributed by atoms with van der Waals surface area (Å²) in [5.41, 5.74) is 0. The van der Waals surface area contributed by atoms with Gasteiger partial charge >= 0.3 is 11.9 Å². The summed E-state index contributed by atoms with van der Waals surface area (Å²) in [7, 11) is 0. The Balaban J connectivity index is 1.80. The molecule has 1 aliphatic heterocycles. The second-order valence-electron chi connectivity index (χ2n) is 6.71. The highest BCUT2D eigenvalue weighted by molar-refractivity contribution is 5.94. The molecule has 0 aromatic rings. The van der Waals surface area contributed by atoms with Gasteiger partial charge in [0.2, 0.25) is 0 Å². The Morgan fingerprint density at radius 2 is 1.43 bits per heavy atom. The fourth-order valence-electron chi connectivity index (χ4n) is 3.03. The molecule has 0 radical (unpaired) electrons. The van der Waals surface area contributed by atoms with E-state index >= 15 is 0 Å². The maximum Gasteiger partial charge on any atom is 0.317 e. The van der Waals surface area contributed by atoms with E-state index in [2.05, 4.69) is 23.8 Å². The maximum atomic E-state index is 11.3. The van der Waals surface area contributed by atoms with Gasteiger partial charge in [0.15, 0.2) is 0 Å². The third kappa shape index (κ3) is 10.3. The SMILES string of the molecule is CCCCCC=CCCCCCCCCCC1CC(=O)OC1=O. The Morgan fingerprint density at radius 1 is 0.870 bits per heavy atom. The van der Waals surface area contributed by atoms with E-state index < -0.39 is 0 Å². The van der Waals surface area contributed by atoms with Crippen molar-refractivity contribution in [3.8, 4) is 0 Å². The minimum atomic E-state index is -0.348. The van der Waals surface area contributed by atoms with E-state index in [-0.39, 0.29) is 17.9 Å². The summed E-state index contributed by atoms with van der Waals surface area (Å²) in [6.07, 6.45) is 20.9. The van der Waals surface area contributed by atoms with Gasteiger partial charge in [0.05, 0.1) is 12.3 Å². The lowest BCUT2D eigenvalue weighted by Crippen LogP contribution is -2.06. The molecule has 23 heavy (non-hydrogen) atoms. The molecule has 132 valence electrons. The van der Waals surface area contributed by atoms with Crippen LogP contribution in [0.15, 0.2) is 12.2 Å². The third-order valence-corrected chi connectivity index (χ3v) is 4.53. The van der Waals surface area contributed by atoms with E-state index in [1.807, 2.05) is 0 Å². The molecule has 1 aliphatic rings. The predicted octanol–water partition coefficient (Wildman–Crippen LogP) is 5.72. The predicted molar refractivity (Wildman–Crippen MR) is 94.0 cm³/mol. The molecular formula is C20H34O3. The molecule has 0 bridgehead atoms. The van der Waals surface area contributed by atoms with Crippen LogP contribution in [0.25, 0.3) is 0 Å². The first-order chi connectivity index (χ1) is 11.2. The zero-order chi connectivity index (χ0) is 16.8. The topological polar surface area (TPSA) is 43.4 Å². The largest absolute Gasteiger partial charge is 0.393 e. The van der Waals surface area contributed by atoms with Crippen LogP contribution in [0.3, 0.4) is 0 Å². The molecule has 1 saturated heterocycles. The van der Waals surface area contributed by atoms with Crippen LogP contribution in [0, 0.1) is 5.92 Å². The lowest BCUT2D eigenvalue weighted by atomic mass is 9.99. The lowest BCUT2D eigenvalue weighted by molar-refractivity contribution is -0.153. The van der Waals surface area contributed by atoms with Crippen molar-refractivity contribution in [1.82, 2.24) is 0 Å². The van der Waals surface area contributed by atoms with Gasteiger partial charge in [0.1, 0.15) is 0 Å². The zero-order valence-electron chi connectivity index (χ0n) is 14.9. The van der Waals surface area contributed by atoms with Gasteiger partial charge in [-0.1, -0.05) is 70.4 Å². The van der Waals surface area contributed by atoms with Crippen LogP contribution in [-0.4, -0.2) is 11.9 Å². The average molecular weight is 322 g/mol. The van der Waals surface area contributed by atoms with Crippen LogP contribution in [0.2, 0.25) is 0 Å². The number of cyclic esters (lactones) is 2. The first kappa shape index (κ1) is 19.9. The molecule has 1 fully saturated rings. The fourth-order valence-corrected chi connectivity index (χ4v) is 3.03. The van der Waals surface area contributed by atoms with E-state index in [0.29, 0.717) is 6.42 Å². The number of carbonyl (C=O) groups is 2. The van der Waals surface area contributed by atoms with Gasteiger partial charge in [-0.2, -0.15) is 0 Å². The summed E-state index contributed by atoms with van der Waals surface area (Å²) in [6.45, 7) is 2.24. The third-order valence-electron chi connectivity index (χ3n) is 4.53. The summed E-state index contributed by atoms with van der Waals surface area (Å²) < 4.78 is 4.56. The van der Waals surface area contributed by atoms with Crippen molar-refractivity contribution in [1.29, 1.82) is 0 Å². The molecular weight excluding hydrogens is 288 g/mol. The molecule has 0 saturated carbocycles. The van der Waals surface area contributed by atoms with Gasteiger partial charge in [-0.3, -0.25) is 9.59 Å². The van der Waals surface area contributed by atoms with Gasteiger partial charge in [-0.05, 0) is 32.1 Å². The standard InChI is InChI=1S/C20H34O3/c1-2-3-4-5-6-7-8-9-10-11-12-13-14-15-16-18-17-19(21)23-20(18)22/h6-7,18H,2-5,8-17H2,1H3.